The van der Waals surface area contributed by atoms with Gasteiger partial charge in [0, 0.05) is 40.0 Å². The molecule has 0 saturated carbocycles. The number of benzene rings is 2. The van der Waals surface area contributed by atoms with Crippen molar-refractivity contribution in [3.63, 3.8) is 0 Å². The summed E-state index contributed by atoms with van der Waals surface area (Å²) in [6, 6.07) is 14.8. The van der Waals surface area contributed by atoms with Crippen LogP contribution in [-0.4, -0.2) is 17.6 Å². The maximum Gasteiger partial charge on any atom is 0.339 e. The predicted molar refractivity (Wildman–Crippen MR) is 110 cm³/mol. The fraction of sp³-hybridized carbons (Fsp3) is 0.182. The Morgan fingerprint density at radius 2 is 1.86 bits per heavy atom. The summed E-state index contributed by atoms with van der Waals surface area (Å²) in [5, 5.41) is 1.26. The van der Waals surface area contributed by atoms with E-state index in [1.165, 1.54) is 6.20 Å². The van der Waals surface area contributed by atoms with Gasteiger partial charge in [-0.1, -0.05) is 41.4 Å². The summed E-state index contributed by atoms with van der Waals surface area (Å²) < 4.78 is 11.0. The molecule has 0 fully saturated rings. The monoisotopic (exact) mass is 415 g/mol. The number of rotatable bonds is 7. The second-order valence-corrected chi connectivity index (χ2v) is 6.95. The van der Waals surface area contributed by atoms with Gasteiger partial charge >= 0.3 is 5.97 Å². The van der Waals surface area contributed by atoms with Gasteiger partial charge in [0.25, 0.3) is 0 Å². The number of carbonyl (C=O) groups is 1. The molecule has 4 nitrogen and oxygen atoms in total. The molecule has 0 bridgehead atoms. The summed E-state index contributed by atoms with van der Waals surface area (Å²) in [6.45, 7) is 2.43. The first-order valence-electron chi connectivity index (χ1n) is 8.82. The number of pyridine rings is 1. The normalized spacial score (nSPS) is 10.5. The van der Waals surface area contributed by atoms with Crippen molar-refractivity contribution in [3.8, 4) is 5.75 Å². The number of hydrogen-bond acceptors (Lipinski definition) is 4. The van der Waals surface area contributed by atoms with Gasteiger partial charge in [-0.25, -0.2) is 4.79 Å². The van der Waals surface area contributed by atoms with Gasteiger partial charge in [-0.05, 0) is 42.8 Å². The average molecular weight is 416 g/mol. The van der Waals surface area contributed by atoms with Crippen LogP contribution < -0.4 is 4.74 Å². The maximum atomic E-state index is 11.9. The predicted octanol–water partition coefficient (Wildman–Crippen LogP) is 5.73. The molecule has 0 spiro atoms. The zero-order chi connectivity index (χ0) is 19.9. The van der Waals surface area contributed by atoms with Gasteiger partial charge in [0.2, 0.25) is 0 Å². The van der Waals surface area contributed by atoms with Crippen molar-refractivity contribution in [3.05, 3.63) is 93.2 Å². The highest BCUT2D eigenvalue weighted by Crippen LogP contribution is 2.27. The van der Waals surface area contributed by atoms with Crippen LogP contribution in [0, 0.1) is 0 Å². The van der Waals surface area contributed by atoms with E-state index in [-0.39, 0.29) is 0 Å². The van der Waals surface area contributed by atoms with Crippen LogP contribution in [0.1, 0.15) is 34.0 Å². The molecule has 0 aliphatic carbocycles. The Morgan fingerprint density at radius 3 is 2.64 bits per heavy atom. The quantitative estimate of drug-likeness (QED) is 0.461. The summed E-state index contributed by atoms with van der Waals surface area (Å²) >= 11 is 12.4. The van der Waals surface area contributed by atoms with E-state index in [1.54, 1.807) is 25.3 Å². The molecule has 0 aliphatic heterocycles. The molecule has 0 amide bonds. The van der Waals surface area contributed by atoms with Gasteiger partial charge in [0.1, 0.15) is 12.4 Å². The number of hydrogen-bond donors (Lipinski definition) is 0. The lowest BCUT2D eigenvalue weighted by molar-refractivity contribution is 0.0525. The number of halogens is 2. The molecule has 3 aromatic rings. The van der Waals surface area contributed by atoms with Crippen molar-refractivity contribution in [1.29, 1.82) is 0 Å². The van der Waals surface area contributed by atoms with Crippen LogP contribution in [0.5, 0.6) is 5.75 Å². The molecule has 0 saturated heterocycles. The smallest absolute Gasteiger partial charge is 0.339 e. The first kappa shape index (κ1) is 20.2. The third kappa shape index (κ3) is 5.24. The van der Waals surface area contributed by atoms with Gasteiger partial charge in [-0.3, -0.25) is 4.98 Å². The van der Waals surface area contributed by atoms with E-state index in [0.29, 0.717) is 41.0 Å². The Labute approximate surface area is 174 Å². The number of carbonyl (C=O) groups excluding carboxylic acids is 1. The maximum absolute atomic E-state index is 11.9. The van der Waals surface area contributed by atoms with Crippen LogP contribution in [0.3, 0.4) is 0 Å². The minimum atomic E-state index is -0.391. The molecule has 0 atom stereocenters. The fourth-order valence-electron chi connectivity index (χ4n) is 2.73. The molecule has 3 rings (SSSR count). The molecular formula is C22H19Cl2NO3. The molecule has 2 aromatic carbocycles. The number of nitrogens with zero attached hydrogens (tertiary/aromatic N) is 1. The SMILES string of the molecule is CCOC(=O)c1cncc(Cc2cc(Cl)ccc2OCc2ccccc2Cl)c1. The summed E-state index contributed by atoms with van der Waals surface area (Å²) in [4.78, 5) is 16.1. The molecular weight excluding hydrogens is 397 g/mol. The van der Waals surface area contributed by atoms with E-state index in [9.17, 15) is 4.79 Å². The molecule has 0 aliphatic rings. The number of esters is 1. The number of ether oxygens (including phenoxy) is 2. The summed E-state index contributed by atoms with van der Waals surface area (Å²) in [5.41, 5.74) is 3.06. The average Bonchev–Trinajstić information content (AvgIpc) is 2.69. The lowest BCUT2D eigenvalue weighted by Crippen LogP contribution is -2.06. The van der Waals surface area contributed by atoms with Crippen LogP contribution in [0.25, 0.3) is 0 Å². The largest absolute Gasteiger partial charge is 0.489 e. The Bertz CT molecular complexity index is 976. The zero-order valence-electron chi connectivity index (χ0n) is 15.3. The van der Waals surface area contributed by atoms with Crippen LogP contribution in [0.4, 0.5) is 0 Å². The highest BCUT2D eigenvalue weighted by Gasteiger charge is 2.11. The Balaban J connectivity index is 1.80. The van der Waals surface area contributed by atoms with Gasteiger partial charge in [0.05, 0.1) is 12.2 Å². The molecule has 1 heterocycles. The third-order valence-electron chi connectivity index (χ3n) is 4.06. The molecule has 28 heavy (non-hydrogen) atoms. The summed E-state index contributed by atoms with van der Waals surface area (Å²) in [6.07, 6.45) is 3.72. The van der Waals surface area contributed by atoms with Crippen molar-refractivity contribution < 1.29 is 14.3 Å². The van der Waals surface area contributed by atoms with Crippen molar-refractivity contribution in [1.82, 2.24) is 4.98 Å². The van der Waals surface area contributed by atoms with Crippen molar-refractivity contribution in [2.45, 2.75) is 20.0 Å². The van der Waals surface area contributed by atoms with E-state index in [0.717, 1.165) is 16.7 Å². The van der Waals surface area contributed by atoms with E-state index in [1.807, 2.05) is 36.4 Å². The zero-order valence-corrected chi connectivity index (χ0v) is 16.8. The first-order valence-corrected chi connectivity index (χ1v) is 9.58. The molecule has 0 unspecified atom stereocenters. The van der Waals surface area contributed by atoms with Crippen LogP contribution in [-0.2, 0) is 17.8 Å². The van der Waals surface area contributed by atoms with Crippen LogP contribution in [0.15, 0.2) is 60.9 Å². The Kier molecular flexibility index (Phi) is 6.90. The first-order chi connectivity index (χ1) is 13.6. The molecule has 0 radical (unpaired) electrons. The van der Waals surface area contributed by atoms with E-state index >= 15 is 0 Å². The van der Waals surface area contributed by atoms with Crippen molar-refractivity contribution in [2.75, 3.05) is 6.61 Å². The second-order valence-electron chi connectivity index (χ2n) is 6.11. The summed E-state index contributed by atoms with van der Waals surface area (Å²) in [5.74, 6) is 0.309. The number of aromatic nitrogens is 1. The third-order valence-corrected chi connectivity index (χ3v) is 4.67. The highest BCUT2D eigenvalue weighted by molar-refractivity contribution is 6.31. The minimum absolute atomic E-state index is 0.317. The Hall–Kier alpha value is -2.56. The fourth-order valence-corrected chi connectivity index (χ4v) is 3.11. The van der Waals surface area contributed by atoms with Gasteiger partial charge in [0.15, 0.2) is 0 Å². The lowest BCUT2D eigenvalue weighted by Gasteiger charge is -2.13. The van der Waals surface area contributed by atoms with E-state index < -0.39 is 5.97 Å². The van der Waals surface area contributed by atoms with Crippen molar-refractivity contribution in [2.24, 2.45) is 0 Å². The molecule has 0 N–H and O–H groups in total. The molecule has 6 heteroatoms. The lowest BCUT2D eigenvalue weighted by atomic mass is 10.0. The van der Waals surface area contributed by atoms with Gasteiger partial charge in [-0.2, -0.15) is 0 Å². The highest BCUT2D eigenvalue weighted by atomic mass is 35.5. The van der Waals surface area contributed by atoms with E-state index in [4.69, 9.17) is 32.7 Å². The van der Waals surface area contributed by atoms with Crippen LogP contribution >= 0.6 is 23.2 Å². The van der Waals surface area contributed by atoms with Gasteiger partial charge in [-0.15, -0.1) is 0 Å². The standard InChI is InChI=1S/C22H19Cl2NO3/c1-2-27-22(26)18-10-15(12-25-13-18)9-17-11-19(23)7-8-21(17)28-14-16-5-3-4-6-20(16)24/h3-8,10-13H,2,9,14H2,1H3. The van der Waals surface area contributed by atoms with E-state index in [2.05, 4.69) is 4.98 Å². The topological polar surface area (TPSA) is 48.4 Å². The minimum Gasteiger partial charge on any atom is -0.489 e. The Morgan fingerprint density at radius 1 is 1.04 bits per heavy atom. The molecule has 144 valence electrons. The van der Waals surface area contributed by atoms with Crippen molar-refractivity contribution >= 4 is 29.2 Å². The molecule has 1 aromatic heterocycles. The summed E-state index contributed by atoms with van der Waals surface area (Å²) in [7, 11) is 0. The van der Waals surface area contributed by atoms with Crippen LogP contribution in [0.2, 0.25) is 10.0 Å². The van der Waals surface area contributed by atoms with Gasteiger partial charge < -0.3 is 9.47 Å². The second kappa shape index (κ2) is 9.58.